The van der Waals surface area contributed by atoms with E-state index in [-0.39, 0.29) is 39.3 Å². The monoisotopic (exact) mass is 750 g/mol. The first-order valence-corrected chi connectivity index (χ1v) is 19.6. The van der Waals surface area contributed by atoms with Gasteiger partial charge in [0.05, 0.1) is 0 Å². The number of fused-ring (bicyclic) bond motifs is 3. The Bertz CT molecular complexity index is 1820. The fraction of sp³-hybridized carbons (Fsp3) is 0.293. The van der Waals surface area contributed by atoms with Crippen molar-refractivity contribution in [3.8, 4) is 11.1 Å². The normalized spacial score (nSPS) is 14.5. The van der Waals surface area contributed by atoms with Crippen molar-refractivity contribution in [3.63, 3.8) is 0 Å². The van der Waals surface area contributed by atoms with Crippen molar-refractivity contribution >= 4 is 3.21 Å². The molecule has 0 spiro atoms. The Hall–Kier alpha value is -2.52. The molecule has 0 nitrogen and oxygen atoms in total. The molecule has 0 aromatic heterocycles. The zero-order chi connectivity index (χ0) is 32.3. The molecule has 0 unspecified atom stereocenters. The SMILES string of the molecule is Cc1ccc(/[C](c2cccc(C(F)(F)F)c2)=[Zr+2](/[C]2=CC=CC2)[CH]2c3ccc(C(C)(C)C)cc3-c3cc(C(C)(C)C)ccc32)cc1.[Cl-].[Cl-]. The molecule has 0 fully saturated rings. The van der Waals surface area contributed by atoms with Crippen molar-refractivity contribution < 1.29 is 59.3 Å². The van der Waals surface area contributed by atoms with Crippen molar-refractivity contribution in [2.24, 2.45) is 0 Å². The Morgan fingerprint density at radius 1 is 0.660 bits per heavy atom. The van der Waals surface area contributed by atoms with Gasteiger partial charge in [0.2, 0.25) is 0 Å². The molecule has 0 atom stereocenters. The van der Waals surface area contributed by atoms with Crippen molar-refractivity contribution in [2.75, 3.05) is 0 Å². The average molecular weight is 753 g/mol. The second kappa shape index (κ2) is 13.8. The number of halogens is 5. The van der Waals surface area contributed by atoms with Crippen molar-refractivity contribution in [1.29, 1.82) is 0 Å². The minimum absolute atomic E-state index is 0. The topological polar surface area (TPSA) is 0 Å². The maximum atomic E-state index is 14.1. The molecule has 6 heteroatoms. The van der Waals surface area contributed by atoms with E-state index in [0.29, 0.717) is 5.56 Å². The fourth-order valence-electron chi connectivity index (χ4n) is 6.68. The Morgan fingerprint density at radius 2 is 1.21 bits per heavy atom. The van der Waals surface area contributed by atoms with E-state index in [4.69, 9.17) is 0 Å². The summed E-state index contributed by atoms with van der Waals surface area (Å²) in [4.78, 5) is 0. The molecular formula is C41H41Cl2F3Zr. The summed E-state index contributed by atoms with van der Waals surface area (Å²) in [7, 11) is 0. The molecule has 244 valence electrons. The number of alkyl halides is 3. The first-order chi connectivity index (χ1) is 21.1. The third-order valence-electron chi connectivity index (χ3n) is 9.24. The van der Waals surface area contributed by atoms with E-state index in [9.17, 15) is 13.2 Å². The van der Waals surface area contributed by atoms with Crippen LogP contribution in [-0.2, 0) is 38.3 Å². The van der Waals surface area contributed by atoms with Crippen LogP contribution < -0.4 is 24.8 Å². The Kier molecular flexibility index (Phi) is 10.9. The summed E-state index contributed by atoms with van der Waals surface area (Å²) in [6, 6.07) is 28.5. The maximum absolute atomic E-state index is 14.1. The minimum atomic E-state index is -4.41. The molecular weight excluding hydrogens is 712 g/mol. The van der Waals surface area contributed by atoms with E-state index >= 15 is 0 Å². The number of hydrogen-bond acceptors (Lipinski definition) is 0. The summed E-state index contributed by atoms with van der Waals surface area (Å²) < 4.78 is 45.1. The van der Waals surface area contributed by atoms with Gasteiger partial charge in [-0.15, -0.1) is 0 Å². The van der Waals surface area contributed by atoms with Crippen LogP contribution in [0.3, 0.4) is 0 Å². The molecule has 0 saturated heterocycles. The van der Waals surface area contributed by atoms with Gasteiger partial charge in [-0.2, -0.15) is 0 Å². The second-order valence-corrected chi connectivity index (χ2v) is 20.9. The summed E-state index contributed by atoms with van der Waals surface area (Å²) in [5.41, 5.74) is 10.1. The third kappa shape index (κ3) is 7.41. The van der Waals surface area contributed by atoms with E-state index < -0.39 is 33.0 Å². The zero-order valence-electron chi connectivity index (χ0n) is 28.0. The van der Waals surface area contributed by atoms with E-state index in [1.165, 1.54) is 48.8 Å². The van der Waals surface area contributed by atoms with E-state index in [2.05, 4.69) is 127 Å². The number of benzene rings is 4. The quantitative estimate of drug-likeness (QED) is 0.262. The van der Waals surface area contributed by atoms with E-state index in [1.54, 1.807) is 6.07 Å². The summed E-state index contributed by atoms with van der Waals surface area (Å²) in [5, 5.41) is 0. The molecule has 0 aliphatic heterocycles. The van der Waals surface area contributed by atoms with Crippen LogP contribution in [0.15, 0.2) is 106 Å². The van der Waals surface area contributed by atoms with Crippen molar-refractivity contribution in [1.82, 2.24) is 0 Å². The standard InChI is InChI=1S/C21H25.C15H11F3.C5H5.2ClH.Zr/c1-20(2,3)16-9-7-14-11-15-8-10-17(21(4,5)6)13-19(15)18(14)12-16;1-11-5-7-12(8-6-11)9-13-3-2-4-14(10-13)15(16,17)18;1-2-4-5-3-1;;;/h7-13H,1-6H3;2-8,10H,1H3;1-3H,4H2;2*1H;/q;;;;;+2/p-2. The predicted octanol–water partition coefficient (Wildman–Crippen LogP) is 5.42. The van der Waals surface area contributed by atoms with Gasteiger partial charge in [0.25, 0.3) is 0 Å². The molecule has 2 aliphatic carbocycles. The summed E-state index contributed by atoms with van der Waals surface area (Å²) in [6.45, 7) is 15.6. The van der Waals surface area contributed by atoms with Gasteiger partial charge in [-0.25, -0.2) is 0 Å². The van der Waals surface area contributed by atoms with Crippen molar-refractivity contribution in [3.05, 3.63) is 151 Å². The molecule has 47 heavy (non-hydrogen) atoms. The first kappa shape index (κ1) is 37.3. The predicted molar refractivity (Wildman–Crippen MR) is 179 cm³/mol. The third-order valence-corrected chi connectivity index (χ3v) is 17.5. The Morgan fingerprint density at radius 3 is 1.68 bits per heavy atom. The first-order valence-electron chi connectivity index (χ1n) is 15.8. The van der Waals surface area contributed by atoms with Crippen LogP contribution in [0.25, 0.3) is 11.1 Å². The van der Waals surface area contributed by atoms with Gasteiger partial charge in [0.1, 0.15) is 0 Å². The summed E-state index contributed by atoms with van der Waals surface area (Å²) >= 11 is -3.10. The number of rotatable bonds is 4. The van der Waals surface area contributed by atoms with Gasteiger partial charge >= 0.3 is 275 Å². The fourth-order valence-corrected chi connectivity index (χ4v) is 15.7. The van der Waals surface area contributed by atoms with Gasteiger partial charge < -0.3 is 24.8 Å². The molecule has 0 N–H and O–H groups in total. The summed E-state index contributed by atoms with van der Waals surface area (Å²) in [6.07, 6.45) is 3.05. The smallest absolute Gasteiger partial charge is 1.00 e. The largest absolute Gasteiger partial charge is 1.00 e. The number of aryl methyl sites for hydroxylation is 1. The molecule has 0 amide bonds. The number of allylic oxidation sites excluding steroid dienone is 4. The molecule has 4 aromatic carbocycles. The van der Waals surface area contributed by atoms with E-state index in [1.807, 2.05) is 6.07 Å². The molecule has 0 bridgehead atoms. The molecule has 0 saturated carbocycles. The van der Waals surface area contributed by atoms with Crippen LogP contribution in [0.1, 0.15) is 96.1 Å². The van der Waals surface area contributed by atoms with Gasteiger partial charge in [0.15, 0.2) is 0 Å². The van der Waals surface area contributed by atoms with Crippen LogP contribution in [-0.4, -0.2) is 3.21 Å². The minimum Gasteiger partial charge on any atom is -1.00 e. The van der Waals surface area contributed by atoms with Gasteiger partial charge in [-0.3, -0.25) is 0 Å². The molecule has 0 radical (unpaired) electrons. The number of hydrogen-bond donors (Lipinski definition) is 0. The van der Waals surface area contributed by atoms with Crippen LogP contribution in [0.5, 0.6) is 0 Å². The van der Waals surface area contributed by atoms with Crippen LogP contribution in [0, 0.1) is 6.92 Å². The maximum Gasteiger partial charge on any atom is -1.00 e. The Labute approximate surface area is 298 Å². The average Bonchev–Trinajstić information content (AvgIpc) is 3.61. The molecule has 0 heterocycles. The molecule has 2 aliphatic rings. The van der Waals surface area contributed by atoms with Gasteiger partial charge in [-0.05, 0) is 0 Å². The van der Waals surface area contributed by atoms with E-state index in [0.717, 1.165) is 20.8 Å². The van der Waals surface area contributed by atoms with Gasteiger partial charge in [0, 0.05) is 0 Å². The van der Waals surface area contributed by atoms with Gasteiger partial charge in [-0.1, -0.05) is 0 Å². The Balaban J connectivity index is 0.00000250. The van der Waals surface area contributed by atoms with Crippen LogP contribution in [0.2, 0.25) is 0 Å². The van der Waals surface area contributed by atoms with Crippen molar-refractivity contribution in [2.45, 2.75) is 75.5 Å². The van der Waals surface area contributed by atoms with Crippen LogP contribution >= 0.6 is 0 Å². The second-order valence-electron chi connectivity index (χ2n) is 14.6. The molecule has 4 aromatic rings. The molecule has 6 rings (SSSR count). The summed E-state index contributed by atoms with van der Waals surface area (Å²) in [5.74, 6) is 0. The van der Waals surface area contributed by atoms with Crippen LogP contribution in [0.4, 0.5) is 13.2 Å². The zero-order valence-corrected chi connectivity index (χ0v) is 32.0.